The monoisotopic (exact) mass is 458 g/mol. The molecule has 2 nitrogen and oxygen atoms in total. The summed E-state index contributed by atoms with van der Waals surface area (Å²) in [6.45, 7) is 6.74. The maximum absolute atomic E-state index is 14.8. The van der Waals surface area contributed by atoms with Gasteiger partial charge in [0.05, 0.1) is 13.2 Å². The lowest BCUT2D eigenvalue weighted by molar-refractivity contribution is 0.122. The number of benzene rings is 2. The largest absolute Gasteiger partial charge is 0.494 e. The summed E-state index contributed by atoms with van der Waals surface area (Å²) in [4.78, 5) is 0. The molecule has 0 atom stereocenters. The van der Waals surface area contributed by atoms with E-state index in [9.17, 15) is 22.7 Å². The van der Waals surface area contributed by atoms with Crippen LogP contribution in [0, 0.1) is 11.6 Å². The summed E-state index contributed by atoms with van der Waals surface area (Å²) in [6, 6.07) is 9.73. The van der Waals surface area contributed by atoms with E-state index in [1.54, 1.807) is 36.4 Å². The van der Waals surface area contributed by atoms with Gasteiger partial charge in [-0.25, -0.2) is 13.2 Å². The predicted molar refractivity (Wildman–Crippen MR) is 123 cm³/mol. The lowest BCUT2D eigenvalue weighted by atomic mass is 9.82. The van der Waals surface area contributed by atoms with Gasteiger partial charge in [-0.05, 0) is 48.3 Å². The standard InChI is InChI=1S/C27H26F4O2/c1-16(24(28)25(29)17(2)33-3)4-5-18-6-8-19(9-7-18)22-14-15-23(27(31)26(22)30)20-10-12-21(32)13-11-20/h4-9,14-15,20-21,32H,1-2,10-13H2,3H3/b5-4+,25-24-. The van der Waals surface area contributed by atoms with Gasteiger partial charge in [-0.3, -0.25) is 0 Å². The molecule has 174 valence electrons. The molecule has 2 aromatic carbocycles. The van der Waals surface area contributed by atoms with Crippen LogP contribution < -0.4 is 0 Å². The summed E-state index contributed by atoms with van der Waals surface area (Å²) >= 11 is 0. The van der Waals surface area contributed by atoms with Crippen LogP contribution in [0.15, 0.2) is 78.6 Å². The first kappa shape index (κ1) is 24.5. The highest BCUT2D eigenvalue weighted by Gasteiger charge is 2.25. The molecule has 0 radical (unpaired) electrons. The zero-order valence-corrected chi connectivity index (χ0v) is 18.4. The van der Waals surface area contributed by atoms with E-state index in [0.717, 1.165) is 0 Å². The highest BCUT2D eigenvalue weighted by Crippen LogP contribution is 2.37. The van der Waals surface area contributed by atoms with E-state index in [4.69, 9.17) is 0 Å². The van der Waals surface area contributed by atoms with Crippen LogP contribution in [0.4, 0.5) is 17.6 Å². The van der Waals surface area contributed by atoms with Crippen molar-refractivity contribution >= 4 is 6.08 Å². The summed E-state index contributed by atoms with van der Waals surface area (Å²) < 4.78 is 62.0. The molecule has 0 heterocycles. The van der Waals surface area contributed by atoms with Crippen molar-refractivity contribution in [1.82, 2.24) is 0 Å². The topological polar surface area (TPSA) is 29.5 Å². The number of aliphatic hydroxyl groups excluding tert-OH is 1. The van der Waals surface area contributed by atoms with E-state index in [0.29, 0.717) is 42.4 Å². The Bertz CT molecular complexity index is 1090. The van der Waals surface area contributed by atoms with Crippen molar-refractivity contribution < 1.29 is 27.4 Å². The summed E-state index contributed by atoms with van der Waals surface area (Å²) in [7, 11) is 1.18. The van der Waals surface area contributed by atoms with Gasteiger partial charge in [-0.2, -0.15) is 4.39 Å². The van der Waals surface area contributed by atoms with Crippen molar-refractivity contribution in [2.45, 2.75) is 37.7 Å². The fraction of sp³-hybridized carbons (Fsp3) is 0.259. The molecule has 0 aromatic heterocycles. The van der Waals surface area contributed by atoms with Crippen LogP contribution in [-0.4, -0.2) is 18.3 Å². The average molecular weight is 458 g/mol. The number of allylic oxidation sites excluding steroid dienone is 4. The third-order valence-electron chi connectivity index (χ3n) is 5.91. The van der Waals surface area contributed by atoms with Crippen LogP contribution >= 0.6 is 0 Å². The zero-order valence-electron chi connectivity index (χ0n) is 18.4. The van der Waals surface area contributed by atoms with Gasteiger partial charge in [0, 0.05) is 11.1 Å². The summed E-state index contributed by atoms with van der Waals surface area (Å²) in [5, 5.41) is 9.64. The Morgan fingerprint density at radius 1 is 0.939 bits per heavy atom. The van der Waals surface area contributed by atoms with Gasteiger partial charge in [0.15, 0.2) is 17.5 Å². The fourth-order valence-electron chi connectivity index (χ4n) is 3.89. The minimum Gasteiger partial charge on any atom is -0.494 e. The van der Waals surface area contributed by atoms with Gasteiger partial charge >= 0.3 is 0 Å². The normalized spacial score (nSPS) is 19.3. The summed E-state index contributed by atoms with van der Waals surface area (Å²) in [5.74, 6) is -4.70. The molecular formula is C27H26F4O2. The van der Waals surface area contributed by atoms with Crippen molar-refractivity contribution in [1.29, 1.82) is 0 Å². The molecule has 33 heavy (non-hydrogen) atoms. The number of ether oxygens (including phenoxy) is 1. The molecule has 1 N–H and O–H groups in total. The Hall–Kier alpha value is -3.12. The second-order valence-electron chi connectivity index (χ2n) is 8.07. The van der Waals surface area contributed by atoms with Crippen molar-refractivity contribution in [3.05, 3.63) is 101 Å². The van der Waals surface area contributed by atoms with Gasteiger partial charge in [0.25, 0.3) is 0 Å². The van der Waals surface area contributed by atoms with Gasteiger partial charge in [0.1, 0.15) is 5.76 Å². The Labute approximate surface area is 191 Å². The zero-order chi connectivity index (χ0) is 24.1. The maximum Gasteiger partial charge on any atom is 0.200 e. The second kappa shape index (κ2) is 10.7. The number of rotatable bonds is 7. The Morgan fingerprint density at radius 2 is 1.58 bits per heavy atom. The lowest BCUT2D eigenvalue weighted by Crippen LogP contribution is -2.18. The molecule has 3 rings (SSSR count). The van der Waals surface area contributed by atoms with Crippen molar-refractivity contribution in [3.63, 3.8) is 0 Å². The number of hydrogen-bond acceptors (Lipinski definition) is 2. The molecule has 1 aliphatic rings. The van der Waals surface area contributed by atoms with Crippen LogP contribution in [0.3, 0.4) is 0 Å². The van der Waals surface area contributed by atoms with Crippen LogP contribution in [0.2, 0.25) is 0 Å². The van der Waals surface area contributed by atoms with Gasteiger partial charge in [-0.15, -0.1) is 0 Å². The SMILES string of the molecule is C=C(/C=C/c1ccc(-c2ccc(C3CCC(O)CC3)c(F)c2F)cc1)/C(F)=C(/F)C(=C)OC. The van der Waals surface area contributed by atoms with Crippen LogP contribution in [0.25, 0.3) is 17.2 Å². The molecule has 2 aromatic rings. The molecule has 1 fully saturated rings. The van der Waals surface area contributed by atoms with Gasteiger partial charge in [0.2, 0.25) is 5.83 Å². The van der Waals surface area contributed by atoms with E-state index in [-0.39, 0.29) is 23.2 Å². The molecule has 1 saturated carbocycles. The minimum absolute atomic E-state index is 0.0992. The molecule has 0 spiro atoms. The van der Waals surface area contributed by atoms with Crippen molar-refractivity contribution in [3.8, 4) is 11.1 Å². The van der Waals surface area contributed by atoms with E-state index in [2.05, 4.69) is 17.9 Å². The second-order valence-corrected chi connectivity index (χ2v) is 8.07. The summed E-state index contributed by atoms with van der Waals surface area (Å²) in [5.41, 5.74) is 1.41. The van der Waals surface area contributed by atoms with E-state index < -0.39 is 29.0 Å². The van der Waals surface area contributed by atoms with Crippen LogP contribution in [0.1, 0.15) is 42.7 Å². The van der Waals surface area contributed by atoms with Gasteiger partial charge in [-0.1, -0.05) is 61.7 Å². The fourth-order valence-corrected chi connectivity index (χ4v) is 3.89. The molecule has 6 heteroatoms. The van der Waals surface area contributed by atoms with Crippen molar-refractivity contribution in [2.75, 3.05) is 7.11 Å². The Morgan fingerprint density at radius 3 is 2.18 bits per heavy atom. The molecule has 0 saturated heterocycles. The molecule has 0 aliphatic heterocycles. The number of methoxy groups -OCH3 is 1. The Balaban J connectivity index is 1.76. The minimum atomic E-state index is -1.23. The predicted octanol–water partition coefficient (Wildman–Crippen LogP) is 7.53. The third kappa shape index (κ3) is 5.63. The van der Waals surface area contributed by atoms with E-state index in [1.807, 2.05) is 0 Å². The number of halogens is 4. The molecule has 0 unspecified atom stereocenters. The number of aliphatic hydroxyl groups is 1. The molecular weight excluding hydrogens is 432 g/mol. The van der Waals surface area contributed by atoms with Gasteiger partial charge < -0.3 is 9.84 Å². The average Bonchev–Trinajstić information content (AvgIpc) is 2.83. The molecule has 0 amide bonds. The third-order valence-corrected chi connectivity index (χ3v) is 5.91. The van der Waals surface area contributed by atoms with E-state index >= 15 is 0 Å². The quantitative estimate of drug-likeness (QED) is 0.264. The molecule has 0 bridgehead atoms. The highest BCUT2D eigenvalue weighted by molar-refractivity contribution is 5.67. The first-order valence-electron chi connectivity index (χ1n) is 10.6. The smallest absolute Gasteiger partial charge is 0.200 e. The maximum atomic E-state index is 14.8. The Kier molecular flexibility index (Phi) is 7.92. The molecule has 1 aliphatic carbocycles. The van der Waals surface area contributed by atoms with Crippen molar-refractivity contribution in [2.24, 2.45) is 0 Å². The summed E-state index contributed by atoms with van der Waals surface area (Å²) in [6.07, 6.45) is 4.87. The van der Waals surface area contributed by atoms with Crippen LogP contribution in [-0.2, 0) is 4.74 Å². The highest BCUT2D eigenvalue weighted by atomic mass is 19.2. The first-order chi connectivity index (χ1) is 15.7. The lowest BCUT2D eigenvalue weighted by Gasteiger charge is -2.26. The van der Waals surface area contributed by atoms with Crippen LogP contribution in [0.5, 0.6) is 0 Å². The first-order valence-corrected chi connectivity index (χ1v) is 10.6. The number of hydrogen-bond donors (Lipinski definition) is 1. The van der Waals surface area contributed by atoms with E-state index in [1.165, 1.54) is 19.3 Å².